The molecule has 0 aliphatic heterocycles. The Balaban J connectivity index is 1.57. The molecule has 1 aromatic heterocycles. The van der Waals surface area contributed by atoms with Crippen LogP contribution in [0.2, 0.25) is 0 Å². The van der Waals surface area contributed by atoms with Crippen LogP contribution in [0.3, 0.4) is 0 Å². The Morgan fingerprint density at radius 3 is 2.75 bits per heavy atom. The Kier molecular flexibility index (Phi) is 4.76. The SMILES string of the molecule is O=C(CSc1nnc(-c2cccc(O)c2)o1)Nc1ccc(F)cc1. The zero-order valence-electron chi connectivity index (χ0n) is 12.3. The summed E-state index contributed by atoms with van der Waals surface area (Å²) >= 11 is 1.08. The summed E-state index contributed by atoms with van der Waals surface area (Å²) in [6, 6.07) is 11.9. The largest absolute Gasteiger partial charge is 0.508 e. The molecule has 122 valence electrons. The molecule has 0 radical (unpaired) electrons. The molecule has 24 heavy (non-hydrogen) atoms. The number of carbonyl (C=O) groups is 1. The average Bonchev–Trinajstić information content (AvgIpc) is 3.04. The number of halogens is 1. The van der Waals surface area contributed by atoms with Crippen LogP contribution in [0.25, 0.3) is 11.5 Å². The van der Waals surface area contributed by atoms with E-state index in [2.05, 4.69) is 15.5 Å². The smallest absolute Gasteiger partial charge is 0.277 e. The second kappa shape index (κ2) is 7.14. The third-order valence-electron chi connectivity index (χ3n) is 2.95. The Labute approximate surface area is 140 Å². The van der Waals surface area contributed by atoms with Crippen molar-refractivity contribution in [3.8, 4) is 17.2 Å². The monoisotopic (exact) mass is 345 g/mol. The maximum atomic E-state index is 12.8. The first-order valence-electron chi connectivity index (χ1n) is 6.91. The van der Waals surface area contributed by atoms with Crippen molar-refractivity contribution in [3.63, 3.8) is 0 Å². The van der Waals surface area contributed by atoms with Gasteiger partial charge in [-0.05, 0) is 42.5 Å². The van der Waals surface area contributed by atoms with Crippen molar-refractivity contribution in [2.75, 3.05) is 11.1 Å². The number of aromatic nitrogens is 2. The topological polar surface area (TPSA) is 88.2 Å². The lowest BCUT2D eigenvalue weighted by Gasteiger charge is -2.03. The molecule has 8 heteroatoms. The molecule has 0 aliphatic rings. The van der Waals surface area contributed by atoms with Gasteiger partial charge in [-0.25, -0.2) is 4.39 Å². The fourth-order valence-electron chi connectivity index (χ4n) is 1.88. The minimum absolute atomic E-state index is 0.0685. The highest BCUT2D eigenvalue weighted by molar-refractivity contribution is 7.99. The van der Waals surface area contributed by atoms with Crippen LogP contribution in [-0.2, 0) is 4.79 Å². The van der Waals surface area contributed by atoms with Crippen LogP contribution in [0.15, 0.2) is 58.2 Å². The first kappa shape index (κ1) is 16.0. The van der Waals surface area contributed by atoms with Gasteiger partial charge in [-0.15, -0.1) is 10.2 Å². The molecule has 0 saturated heterocycles. The fourth-order valence-corrected chi connectivity index (χ4v) is 2.44. The summed E-state index contributed by atoms with van der Waals surface area (Å²) in [5.74, 6) is -0.221. The number of aromatic hydroxyl groups is 1. The minimum atomic E-state index is -0.368. The molecular weight excluding hydrogens is 333 g/mol. The van der Waals surface area contributed by atoms with Crippen LogP contribution < -0.4 is 5.32 Å². The van der Waals surface area contributed by atoms with Gasteiger partial charge in [0, 0.05) is 11.3 Å². The van der Waals surface area contributed by atoms with Gasteiger partial charge in [-0.3, -0.25) is 4.79 Å². The molecule has 0 saturated carbocycles. The maximum absolute atomic E-state index is 12.8. The van der Waals surface area contributed by atoms with Crippen LogP contribution in [0.5, 0.6) is 5.75 Å². The molecule has 2 aromatic carbocycles. The molecule has 2 N–H and O–H groups in total. The van der Waals surface area contributed by atoms with Crippen molar-refractivity contribution in [3.05, 3.63) is 54.3 Å². The number of hydrogen-bond acceptors (Lipinski definition) is 6. The highest BCUT2D eigenvalue weighted by Crippen LogP contribution is 2.25. The van der Waals surface area contributed by atoms with E-state index in [9.17, 15) is 14.3 Å². The number of benzene rings is 2. The van der Waals surface area contributed by atoms with Crippen molar-refractivity contribution < 1.29 is 18.7 Å². The quantitative estimate of drug-likeness (QED) is 0.690. The standard InChI is InChI=1S/C16H12FN3O3S/c17-11-4-6-12(7-5-11)18-14(22)9-24-16-20-19-15(23-16)10-2-1-3-13(21)8-10/h1-8,21H,9H2,(H,18,22). The van der Waals surface area contributed by atoms with Crippen molar-refractivity contribution in [2.24, 2.45) is 0 Å². The van der Waals surface area contributed by atoms with E-state index in [1.54, 1.807) is 12.1 Å². The van der Waals surface area contributed by atoms with Crippen molar-refractivity contribution in [2.45, 2.75) is 5.22 Å². The van der Waals surface area contributed by atoms with Gasteiger partial charge in [0.1, 0.15) is 11.6 Å². The van der Waals surface area contributed by atoms with Gasteiger partial charge in [-0.2, -0.15) is 0 Å². The van der Waals surface area contributed by atoms with Gasteiger partial charge >= 0.3 is 0 Å². The molecular formula is C16H12FN3O3S. The molecule has 3 aromatic rings. The second-order valence-corrected chi connectivity index (χ2v) is 5.69. The second-order valence-electron chi connectivity index (χ2n) is 4.77. The third-order valence-corrected chi connectivity index (χ3v) is 3.77. The van der Waals surface area contributed by atoms with Gasteiger partial charge in [0.15, 0.2) is 0 Å². The number of carbonyl (C=O) groups excluding carboxylic acids is 1. The highest BCUT2D eigenvalue weighted by atomic mass is 32.2. The Bertz CT molecular complexity index is 852. The predicted octanol–water partition coefficient (Wildman–Crippen LogP) is 3.31. The first-order chi connectivity index (χ1) is 11.6. The lowest BCUT2D eigenvalue weighted by molar-refractivity contribution is -0.113. The molecule has 0 atom stereocenters. The zero-order valence-corrected chi connectivity index (χ0v) is 13.1. The molecule has 6 nitrogen and oxygen atoms in total. The molecule has 0 unspecified atom stereocenters. The predicted molar refractivity (Wildman–Crippen MR) is 87.2 cm³/mol. The van der Waals surface area contributed by atoms with E-state index in [-0.39, 0.29) is 34.3 Å². The molecule has 0 bridgehead atoms. The number of nitrogens with zero attached hydrogens (tertiary/aromatic N) is 2. The number of nitrogens with one attached hydrogen (secondary N) is 1. The van der Waals surface area contributed by atoms with Gasteiger partial charge < -0.3 is 14.8 Å². The molecule has 1 heterocycles. The summed E-state index contributed by atoms with van der Waals surface area (Å²) < 4.78 is 18.2. The van der Waals surface area contributed by atoms with E-state index in [0.717, 1.165) is 11.8 Å². The van der Waals surface area contributed by atoms with E-state index < -0.39 is 0 Å². The van der Waals surface area contributed by atoms with E-state index in [1.807, 2.05) is 0 Å². The summed E-state index contributed by atoms with van der Waals surface area (Å²) in [6.07, 6.45) is 0. The van der Waals surface area contributed by atoms with Crippen LogP contribution in [-0.4, -0.2) is 27.0 Å². The highest BCUT2D eigenvalue weighted by Gasteiger charge is 2.11. The van der Waals surface area contributed by atoms with Gasteiger partial charge in [0.25, 0.3) is 5.22 Å². The number of phenols is 1. The van der Waals surface area contributed by atoms with Crippen LogP contribution in [0.4, 0.5) is 10.1 Å². The first-order valence-corrected chi connectivity index (χ1v) is 7.90. The van der Waals surface area contributed by atoms with Crippen LogP contribution >= 0.6 is 11.8 Å². The Hall–Kier alpha value is -2.87. The van der Waals surface area contributed by atoms with Gasteiger partial charge in [-0.1, -0.05) is 17.8 Å². The summed E-state index contributed by atoms with van der Waals surface area (Å²) in [7, 11) is 0. The fraction of sp³-hybridized carbons (Fsp3) is 0.0625. The Morgan fingerprint density at radius 2 is 2.00 bits per heavy atom. The number of amides is 1. The van der Waals surface area contributed by atoms with Crippen molar-refractivity contribution in [1.82, 2.24) is 10.2 Å². The third kappa shape index (κ3) is 4.11. The lowest BCUT2D eigenvalue weighted by atomic mass is 10.2. The van der Waals surface area contributed by atoms with Gasteiger partial charge in [0.2, 0.25) is 11.8 Å². The Morgan fingerprint density at radius 1 is 1.21 bits per heavy atom. The number of phenolic OH excluding ortho intramolecular Hbond substituents is 1. The number of thioether (sulfide) groups is 1. The molecule has 3 rings (SSSR count). The maximum Gasteiger partial charge on any atom is 0.277 e. The lowest BCUT2D eigenvalue weighted by Crippen LogP contribution is -2.13. The van der Waals surface area contributed by atoms with Crippen molar-refractivity contribution >= 4 is 23.4 Å². The molecule has 1 amide bonds. The number of anilines is 1. The van der Waals surface area contributed by atoms with E-state index in [4.69, 9.17) is 4.42 Å². The van der Waals surface area contributed by atoms with E-state index >= 15 is 0 Å². The molecule has 0 aliphatic carbocycles. The zero-order chi connectivity index (χ0) is 16.9. The summed E-state index contributed by atoms with van der Waals surface area (Å²) in [4.78, 5) is 11.8. The number of rotatable bonds is 5. The molecule has 0 spiro atoms. The van der Waals surface area contributed by atoms with E-state index in [1.165, 1.54) is 36.4 Å². The normalized spacial score (nSPS) is 10.5. The van der Waals surface area contributed by atoms with E-state index in [0.29, 0.717) is 11.3 Å². The number of hydrogen-bond donors (Lipinski definition) is 2. The molecule has 0 fully saturated rings. The van der Waals surface area contributed by atoms with Crippen LogP contribution in [0, 0.1) is 5.82 Å². The summed E-state index contributed by atoms with van der Waals surface area (Å²) in [6.45, 7) is 0. The van der Waals surface area contributed by atoms with Gasteiger partial charge in [0.05, 0.1) is 5.75 Å². The van der Waals surface area contributed by atoms with Crippen molar-refractivity contribution in [1.29, 1.82) is 0 Å². The van der Waals surface area contributed by atoms with Crippen LogP contribution in [0.1, 0.15) is 0 Å². The summed E-state index contributed by atoms with van der Waals surface area (Å²) in [5, 5.41) is 20.0. The summed E-state index contributed by atoms with van der Waals surface area (Å²) in [5.41, 5.74) is 1.10. The average molecular weight is 345 g/mol. The minimum Gasteiger partial charge on any atom is -0.508 e.